The van der Waals surface area contributed by atoms with Crippen molar-refractivity contribution >= 4 is 11.6 Å². The van der Waals surface area contributed by atoms with E-state index in [1.54, 1.807) is 23.0 Å². The highest BCUT2D eigenvalue weighted by Crippen LogP contribution is 2.26. The fourth-order valence-electron chi connectivity index (χ4n) is 1.86. The summed E-state index contributed by atoms with van der Waals surface area (Å²) in [7, 11) is 1.84. The molecule has 0 bridgehead atoms. The lowest BCUT2D eigenvalue weighted by molar-refractivity contribution is 0.162. The van der Waals surface area contributed by atoms with Crippen LogP contribution >= 0.6 is 11.6 Å². The molecule has 0 aliphatic rings. The first-order valence-electron chi connectivity index (χ1n) is 5.68. The number of rotatable bonds is 4. The van der Waals surface area contributed by atoms with Crippen LogP contribution in [0.3, 0.4) is 0 Å². The summed E-state index contributed by atoms with van der Waals surface area (Å²) in [5.74, 6) is -0.545. The summed E-state index contributed by atoms with van der Waals surface area (Å²) < 4.78 is 15.4. The molecule has 18 heavy (non-hydrogen) atoms. The zero-order valence-corrected chi connectivity index (χ0v) is 10.7. The minimum absolute atomic E-state index is 0.0343. The Morgan fingerprint density at radius 3 is 2.89 bits per heavy atom. The van der Waals surface area contributed by atoms with Crippen molar-refractivity contribution < 1.29 is 9.50 Å². The average Bonchev–Trinajstić information content (AvgIpc) is 2.75. The van der Waals surface area contributed by atoms with E-state index < -0.39 is 11.9 Å². The normalized spacial score (nSPS) is 12.7. The summed E-state index contributed by atoms with van der Waals surface area (Å²) in [5.41, 5.74) is 1.24. The zero-order valence-electron chi connectivity index (χ0n) is 9.98. The molecule has 0 aliphatic carbocycles. The Balaban J connectivity index is 2.06. The smallest absolute Gasteiger partial charge is 0.147 e. The molecule has 0 saturated heterocycles. The first kappa shape index (κ1) is 13.1. The Morgan fingerprint density at radius 1 is 1.44 bits per heavy atom. The minimum Gasteiger partial charge on any atom is -0.388 e. The van der Waals surface area contributed by atoms with Gasteiger partial charge in [-0.2, -0.15) is 5.10 Å². The maximum atomic E-state index is 13.7. The van der Waals surface area contributed by atoms with Gasteiger partial charge in [0, 0.05) is 24.5 Å². The Morgan fingerprint density at radius 2 is 2.22 bits per heavy atom. The highest BCUT2D eigenvalue weighted by Gasteiger charge is 2.15. The van der Waals surface area contributed by atoms with Crippen molar-refractivity contribution in [1.29, 1.82) is 0 Å². The Labute approximate surface area is 110 Å². The van der Waals surface area contributed by atoms with E-state index in [2.05, 4.69) is 5.10 Å². The van der Waals surface area contributed by atoms with Crippen molar-refractivity contribution in [2.45, 2.75) is 18.9 Å². The van der Waals surface area contributed by atoms with Gasteiger partial charge in [0.05, 0.1) is 11.1 Å². The second-order valence-corrected chi connectivity index (χ2v) is 4.55. The van der Waals surface area contributed by atoms with E-state index in [1.165, 1.54) is 6.07 Å². The van der Waals surface area contributed by atoms with Crippen LogP contribution < -0.4 is 0 Å². The Hall–Kier alpha value is -1.39. The number of halogens is 2. The van der Waals surface area contributed by atoms with Crippen LogP contribution in [-0.2, 0) is 13.5 Å². The molecule has 0 amide bonds. The van der Waals surface area contributed by atoms with Gasteiger partial charge in [0.2, 0.25) is 0 Å². The predicted octanol–water partition coefficient (Wildman–Crippen LogP) is 2.88. The van der Waals surface area contributed by atoms with Crippen LogP contribution in [0.25, 0.3) is 0 Å². The lowest BCUT2D eigenvalue weighted by Crippen LogP contribution is -2.05. The number of hydrogen-bond donors (Lipinski definition) is 1. The predicted molar refractivity (Wildman–Crippen MR) is 67.9 cm³/mol. The number of aliphatic hydroxyl groups excluding tert-OH is 1. The SMILES string of the molecule is Cn1nccc1CCC(O)c1cccc(Cl)c1F. The fraction of sp³-hybridized carbons (Fsp3) is 0.308. The highest BCUT2D eigenvalue weighted by molar-refractivity contribution is 6.30. The van der Waals surface area contributed by atoms with E-state index >= 15 is 0 Å². The lowest BCUT2D eigenvalue weighted by atomic mass is 10.0. The van der Waals surface area contributed by atoms with Gasteiger partial charge in [-0.3, -0.25) is 4.68 Å². The van der Waals surface area contributed by atoms with Gasteiger partial charge >= 0.3 is 0 Å². The number of aryl methyl sites for hydroxylation is 2. The van der Waals surface area contributed by atoms with Gasteiger partial charge in [-0.15, -0.1) is 0 Å². The molecule has 0 spiro atoms. The topological polar surface area (TPSA) is 38.0 Å². The molecule has 3 nitrogen and oxygen atoms in total. The molecule has 96 valence electrons. The average molecular weight is 269 g/mol. The molecule has 5 heteroatoms. The second kappa shape index (κ2) is 5.50. The molecule has 0 fully saturated rings. The summed E-state index contributed by atoms with van der Waals surface area (Å²) in [5, 5.41) is 14.1. The molecule has 0 saturated carbocycles. The van der Waals surface area contributed by atoms with Gasteiger partial charge < -0.3 is 5.11 Å². The van der Waals surface area contributed by atoms with Crippen LogP contribution in [0.4, 0.5) is 4.39 Å². The summed E-state index contributed by atoms with van der Waals surface area (Å²) in [6.07, 6.45) is 1.89. The molecular formula is C13H14ClFN2O. The monoisotopic (exact) mass is 268 g/mol. The number of benzene rings is 1. The van der Waals surface area contributed by atoms with Crippen LogP contribution in [0, 0.1) is 5.82 Å². The van der Waals surface area contributed by atoms with Crippen molar-refractivity contribution in [2.24, 2.45) is 7.05 Å². The number of hydrogen-bond acceptors (Lipinski definition) is 2. The van der Waals surface area contributed by atoms with Crippen molar-refractivity contribution in [3.05, 3.63) is 52.6 Å². The van der Waals surface area contributed by atoms with Crippen LogP contribution in [0.1, 0.15) is 23.8 Å². The molecule has 1 N–H and O–H groups in total. The molecular weight excluding hydrogens is 255 g/mol. The molecule has 1 atom stereocenters. The molecule has 1 aromatic heterocycles. The van der Waals surface area contributed by atoms with E-state index in [1.807, 2.05) is 13.1 Å². The van der Waals surface area contributed by atoms with Gasteiger partial charge in [-0.1, -0.05) is 23.7 Å². The van der Waals surface area contributed by atoms with Gasteiger partial charge in [-0.05, 0) is 25.0 Å². The van der Waals surface area contributed by atoms with E-state index in [-0.39, 0.29) is 10.6 Å². The quantitative estimate of drug-likeness (QED) is 0.926. The minimum atomic E-state index is -0.862. The number of aliphatic hydroxyl groups is 1. The van der Waals surface area contributed by atoms with Crippen molar-refractivity contribution in [3.8, 4) is 0 Å². The summed E-state index contributed by atoms with van der Waals surface area (Å²) >= 11 is 5.68. The van der Waals surface area contributed by atoms with Crippen LogP contribution in [0.2, 0.25) is 5.02 Å². The molecule has 1 aromatic carbocycles. The van der Waals surface area contributed by atoms with Gasteiger partial charge in [0.25, 0.3) is 0 Å². The van der Waals surface area contributed by atoms with E-state index in [9.17, 15) is 9.50 Å². The fourth-order valence-corrected chi connectivity index (χ4v) is 2.05. The molecule has 2 rings (SSSR count). The summed E-state index contributed by atoms with van der Waals surface area (Å²) in [4.78, 5) is 0. The molecule has 1 heterocycles. The van der Waals surface area contributed by atoms with Crippen molar-refractivity contribution in [1.82, 2.24) is 9.78 Å². The maximum absolute atomic E-state index is 13.7. The lowest BCUT2D eigenvalue weighted by Gasteiger charge is -2.12. The molecule has 1 unspecified atom stereocenters. The molecule has 0 radical (unpaired) electrons. The van der Waals surface area contributed by atoms with E-state index in [4.69, 9.17) is 11.6 Å². The van der Waals surface area contributed by atoms with Crippen LogP contribution in [0.5, 0.6) is 0 Å². The third kappa shape index (κ3) is 2.71. The van der Waals surface area contributed by atoms with Crippen LogP contribution in [0.15, 0.2) is 30.5 Å². The number of aromatic nitrogens is 2. The maximum Gasteiger partial charge on any atom is 0.147 e. The zero-order chi connectivity index (χ0) is 13.1. The summed E-state index contributed by atoms with van der Waals surface area (Å²) in [6, 6.07) is 6.53. The highest BCUT2D eigenvalue weighted by atomic mass is 35.5. The summed E-state index contributed by atoms with van der Waals surface area (Å²) in [6.45, 7) is 0. The molecule has 0 aliphatic heterocycles. The number of nitrogens with zero attached hydrogens (tertiary/aromatic N) is 2. The largest absolute Gasteiger partial charge is 0.388 e. The first-order chi connectivity index (χ1) is 8.59. The Kier molecular flexibility index (Phi) is 3.99. The Bertz CT molecular complexity index is 542. The second-order valence-electron chi connectivity index (χ2n) is 4.14. The van der Waals surface area contributed by atoms with E-state index in [0.29, 0.717) is 12.8 Å². The van der Waals surface area contributed by atoms with Gasteiger partial charge in [0.1, 0.15) is 5.82 Å². The van der Waals surface area contributed by atoms with Gasteiger partial charge in [-0.25, -0.2) is 4.39 Å². The third-order valence-corrected chi connectivity index (χ3v) is 3.23. The third-order valence-electron chi connectivity index (χ3n) is 2.94. The first-order valence-corrected chi connectivity index (χ1v) is 6.06. The van der Waals surface area contributed by atoms with E-state index in [0.717, 1.165) is 5.69 Å². The van der Waals surface area contributed by atoms with Crippen molar-refractivity contribution in [2.75, 3.05) is 0 Å². The standard InChI is InChI=1S/C13H14ClFN2O/c1-17-9(7-8-16-17)5-6-12(18)10-3-2-4-11(14)13(10)15/h2-4,7-8,12,18H,5-6H2,1H3. The van der Waals surface area contributed by atoms with Crippen molar-refractivity contribution in [3.63, 3.8) is 0 Å². The van der Waals surface area contributed by atoms with Gasteiger partial charge in [0.15, 0.2) is 0 Å². The van der Waals surface area contributed by atoms with Crippen LogP contribution in [-0.4, -0.2) is 14.9 Å². The molecule has 2 aromatic rings.